The van der Waals surface area contributed by atoms with Crippen molar-refractivity contribution in [3.8, 4) is 0 Å². The predicted octanol–water partition coefficient (Wildman–Crippen LogP) is 0.324. The van der Waals surface area contributed by atoms with Crippen LogP contribution in [0.4, 0.5) is 0 Å². The summed E-state index contributed by atoms with van der Waals surface area (Å²) in [6.45, 7) is 0.0198. The molecule has 0 bridgehead atoms. The van der Waals surface area contributed by atoms with Gasteiger partial charge < -0.3 is 5.73 Å². The molecule has 0 aliphatic heterocycles. The zero-order chi connectivity index (χ0) is 8.43. The number of aryl methyl sites for hydroxylation is 1. The summed E-state index contributed by atoms with van der Waals surface area (Å²) in [6.07, 6.45) is 0. The number of ketones is 1. The second-order valence-corrected chi connectivity index (χ2v) is 2.92. The number of carbonyl (C=O) groups excluding carboxylic acids is 1. The number of hydrogen-bond acceptors (Lipinski definition) is 3. The number of halogens is 1. The van der Waals surface area contributed by atoms with Crippen molar-refractivity contribution in [2.45, 2.75) is 0 Å². The molecule has 0 spiro atoms. The van der Waals surface area contributed by atoms with Crippen LogP contribution in [0.3, 0.4) is 0 Å². The fraction of sp³-hybridized carbons (Fsp3) is 0.333. The molecule has 1 aromatic heterocycles. The zero-order valence-electron chi connectivity index (χ0n) is 6.04. The third kappa shape index (κ3) is 1.66. The van der Waals surface area contributed by atoms with Gasteiger partial charge in [-0.1, -0.05) is 0 Å². The Hall–Kier alpha value is -0.680. The molecule has 0 aliphatic rings. The third-order valence-corrected chi connectivity index (χ3v) is 1.71. The van der Waals surface area contributed by atoms with E-state index in [1.54, 1.807) is 13.1 Å². The zero-order valence-corrected chi connectivity index (χ0v) is 7.63. The van der Waals surface area contributed by atoms with Crippen LogP contribution >= 0.6 is 15.9 Å². The van der Waals surface area contributed by atoms with Gasteiger partial charge in [0.05, 0.1) is 6.54 Å². The molecule has 0 atom stereocenters. The first-order chi connectivity index (χ1) is 5.15. The largest absolute Gasteiger partial charge is 0.324 e. The Bertz CT molecular complexity index is 281. The van der Waals surface area contributed by atoms with Gasteiger partial charge in [-0.2, -0.15) is 5.10 Å². The monoisotopic (exact) mass is 217 g/mol. The number of hydrogen-bond donors (Lipinski definition) is 1. The molecule has 0 aromatic carbocycles. The van der Waals surface area contributed by atoms with E-state index >= 15 is 0 Å². The van der Waals surface area contributed by atoms with Gasteiger partial charge in [0.25, 0.3) is 0 Å². The molecule has 60 valence electrons. The lowest BCUT2D eigenvalue weighted by Gasteiger charge is -1.95. The van der Waals surface area contributed by atoms with Crippen LogP contribution in [0.5, 0.6) is 0 Å². The highest BCUT2D eigenvalue weighted by Crippen LogP contribution is 2.09. The second kappa shape index (κ2) is 3.15. The highest BCUT2D eigenvalue weighted by Gasteiger charge is 2.09. The molecule has 0 saturated heterocycles. The summed E-state index contributed by atoms with van der Waals surface area (Å²) < 4.78 is 2.15. The Balaban J connectivity index is 3.03. The predicted molar refractivity (Wildman–Crippen MR) is 44.3 cm³/mol. The molecule has 0 fully saturated rings. The van der Waals surface area contributed by atoms with Gasteiger partial charge in [0.1, 0.15) is 10.3 Å². The molecular weight excluding hydrogens is 210 g/mol. The van der Waals surface area contributed by atoms with Crippen molar-refractivity contribution in [1.82, 2.24) is 9.78 Å². The summed E-state index contributed by atoms with van der Waals surface area (Å²) >= 11 is 3.16. The van der Waals surface area contributed by atoms with E-state index in [1.807, 2.05) is 0 Å². The molecular formula is C6H8BrN3O. The summed E-state index contributed by atoms with van der Waals surface area (Å²) in [5.74, 6) is -0.106. The lowest BCUT2D eigenvalue weighted by molar-refractivity contribution is 0.0992. The topological polar surface area (TPSA) is 60.9 Å². The fourth-order valence-electron chi connectivity index (χ4n) is 0.798. The Morgan fingerprint density at radius 2 is 2.55 bits per heavy atom. The van der Waals surface area contributed by atoms with Crippen molar-refractivity contribution < 1.29 is 4.79 Å². The number of rotatable bonds is 2. The first kappa shape index (κ1) is 8.42. The van der Waals surface area contributed by atoms with E-state index in [-0.39, 0.29) is 12.3 Å². The average Bonchev–Trinajstić information content (AvgIpc) is 2.28. The quantitative estimate of drug-likeness (QED) is 0.727. The third-order valence-electron chi connectivity index (χ3n) is 1.32. The van der Waals surface area contributed by atoms with E-state index in [4.69, 9.17) is 5.73 Å². The normalized spacial score (nSPS) is 10.1. The summed E-state index contributed by atoms with van der Waals surface area (Å²) in [4.78, 5) is 11.0. The van der Waals surface area contributed by atoms with Crippen LogP contribution in [0.1, 0.15) is 10.5 Å². The summed E-state index contributed by atoms with van der Waals surface area (Å²) in [7, 11) is 1.70. The van der Waals surface area contributed by atoms with Gasteiger partial charge in [-0.15, -0.1) is 0 Å². The van der Waals surface area contributed by atoms with Crippen LogP contribution in [0.15, 0.2) is 10.7 Å². The van der Waals surface area contributed by atoms with Crippen LogP contribution in [-0.4, -0.2) is 22.1 Å². The minimum absolute atomic E-state index is 0.0198. The molecule has 1 rings (SSSR count). The van der Waals surface area contributed by atoms with E-state index in [0.717, 1.165) is 0 Å². The molecule has 0 amide bonds. The molecule has 0 unspecified atom stereocenters. The summed E-state index contributed by atoms with van der Waals surface area (Å²) in [5, 5.41) is 3.94. The second-order valence-electron chi connectivity index (χ2n) is 2.10. The van der Waals surface area contributed by atoms with Crippen LogP contribution < -0.4 is 5.73 Å². The van der Waals surface area contributed by atoms with Crippen LogP contribution in [0, 0.1) is 0 Å². The van der Waals surface area contributed by atoms with Crippen LogP contribution in [-0.2, 0) is 7.05 Å². The summed E-state index contributed by atoms with van der Waals surface area (Å²) in [6, 6.07) is 1.65. The maximum absolute atomic E-state index is 11.0. The van der Waals surface area contributed by atoms with Gasteiger partial charge in [0.15, 0.2) is 5.78 Å². The number of carbonyl (C=O) groups is 1. The first-order valence-electron chi connectivity index (χ1n) is 3.08. The Morgan fingerprint density at radius 3 is 2.91 bits per heavy atom. The van der Waals surface area contributed by atoms with Gasteiger partial charge in [0, 0.05) is 13.1 Å². The molecule has 0 aliphatic carbocycles. The average molecular weight is 218 g/mol. The van der Waals surface area contributed by atoms with E-state index in [1.165, 1.54) is 4.68 Å². The molecule has 11 heavy (non-hydrogen) atoms. The Morgan fingerprint density at radius 1 is 1.91 bits per heavy atom. The van der Waals surface area contributed by atoms with Crippen molar-refractivity contribution in [1.29, 1.82) is 0 Å². The van der Waals surface area contributed by atoms with Crippen LogP contribution in [0.2, 0.25) is 0 Å². The Labute approximate surface area is 72.5 Å². The SMILES string of the molecule is Cn1nc(Br)cc1C(=O)CN. The molecule has 4 nitrogen and oxygen atoms in total. The first-order valence-corrected chi connectivity index (χ1v) is 3.87. The number of nitrogens with zero attached hydrogens (tertiary/aromatic N) is 2. The van der Waals surface area contributed by atoms with Crippen molar-refractivity contribution in [3.05, 3.63) is 16.4 Å². The highest BCUT2D eigenvalue weighted by molar-refractivity contribution is 9.10. The van der Waals surface area contributed by atoms with Gasteiger partial charge >= 0.3 is 0 Å². The number of Topliss-reactive ketones (excluding diaryl/α,β-unsaturated/α-hetero) is 1. The minimum Gasteiger partial charge on any atom is -0.324 e. The standard InChI is InChI=1S/C6H8BrN3O/c1-10-4(5(11)3-8)2-6(7)9-10/h2H,3,8H2,1H3. The van der Waals surface area contributed by atoms with E-state index in [0.29, 0.717) is 10.3 Å². The molecule has 0 saturated carbocycles. The molecule has 5 heteroatoms. The maximum Gasteiger partial charge on any atom is 0.194 e. The van der Waals surface area contributed by atoms with Crippen molar-refractivity contribution in [2.24, 2.45) is 12.8 Å². The van der Waals surface area contributed by atoms with E-state index in [2.05, 4.69) is 21.0 Å². The maximum atomic E-state index is 11.0. The Kier molecular flexibility index (Phi) is 2.41. The van der Waals surface area contributed by atoms with Crippen molar-refractivity contribution >= 4 is 21.7 Å². The van der Waals surface area contributed by atoms with Gasteiger partial charge in [-0.05, 0) is 15.9 Å². The van der Waals surface area contributed by atoms with Gasteiger partial charge in [-0.25, -0.2) is 0 Å². The number of aromatic nitrogens is 2. The molecule has 1 heterocycles. The lowest BCUT2D eigenvalue weighted by Crippen LogP contribution is -2.16. The fourth-order valence-corrected chi connectivity index (χ4v) is 1.25. The minimum atomic E-state index is -0.106. The summed E-state index contributed by atoms with van der Waals surface area (Å²) in [5.41, 5.74) is 5.70. The van der Waals surface area contributed by atoms with Gasteiger partial charge in [0.2, 0.25) is 0 Å². The van der Waals surface area contributed by atoms with Crippen molar-refractivity contribution in [3.63, 3.8) is 0 Å². The van der Waals surface area contributed by atoms with Crippen LogP contribution in [0.25, 0.3) is 0 Å². The highest BCUT2D eigenvalue weighted by atomic mass is 79.9. The molecule has 0 radical (unpaired) electrons. The van der Waals surface area contributed by atoms with E-state index in [9.17, 15) is 4.79 Å². The smallest absolute Gasteiger partial charge is 0.194 e. The van der Waals surface area contributed by atoms with Crippen molar-refractivity contribution in [2.75, 3.05) is 6.54 Å². The lowest BCUT2D eigenvalue weighted by atomic mass is 10.3. The van der Waals surface area contributed by atoms with Gasteiger partial charge in [-0.3, -0.25) is 9.48 Å². The molecule has 2 N–H and O–H groups in total. The molecule has 1 aromatic rings. The van der Waals surface area contributed by atoms with E-state index < -0.39 is 0 Å². The number of nitrogens with two attached hydrogens (primary N) is 1.